The number of benzene rings is 1. The first-order valence-electron chi connectivity index (χ1n) is 4.98. The first-order chi connectivity index (χ1) is 8.56. The van der Waals surface area contributed by atoms with Gasteiger partial charge in [-0.25, -0.2) is 5.10 Å². The van der Waals surface area contributed by atoms with Gasteiger partial charge in [-0.15, -0.1) is 0 Å². The summed E-state index contributed by atoms with van der Waals surface area (Å²) in [5, 5.41) is 8.78. The van der Waals surface area contributed by atoms with E-state index in [1.54, 1.807) is 12.1 Å². The van der Waals surface area contributed by atoms with E-state index in [1.165, 1.54) is 18.2 Å². The Bertz CT molecular complexity index is 633. The number of amides is 1. The Hall–Kier alpha value is -2.34. The third kappa shape index (κ3) is 2.67. The number of hydrogen-bond acceptors (Lipinski definition) is 4. The van der Waals surface area contributed by atoms with Crippen LogP contribution in [-0.2, 0) is 0 Å². The number of aromatic nitrogens is 2. The molecule has 0 spiro atoms. The van der Waals surface area contributed by atoms with Crippen molar-refractivity contribution in [2.75, 3.05) is 11.1 Å². The number of aromatic amines is 1. The normalized spacial score (nSPS) is 10.1. The molecule has 0 unspecified atom stereocenters. The number of carbonyl (C=O) groups excluding carboxylic acids is 1. The van der Waals surface area contributed by atoms with Gasteiger partial charge in [0, 0.05) is 11.1 Å². The fraction of sp³-hybridized carbons (Fsp3) is 0. The average Bonchev–Trinajstić information content (AvgIpc) is 2.34. The Balaban J connectivity index is 2.23. The molecule has 2 rings (SSSR count). The van der Waals surface area contributed by atoms with Gasteiger partial charge in [0.25, 0.3) is 11.5 Å². The van der Waals surface area contributed by atoms with E-state index >= 15 is 0 Å². The Morgan fingerprint density at radius 3 is 2.78 bits per heavy atom. The van der Waals surface area contributed by atoms with Crippen LogP contribution in [0.5, 0.6) is 0 Å². The zero-order chi connectivity index (χ0) is 13.1. The van der Waals surface area contributed by atoms with Crippen molar-refractivity contribution in [2.45, 2.75) is 0 Å². The van der Waals surface area contributed by atoms with Crippen LogP contribution < -0.4 is 16.6 Å². The van der Waals surface area contributed by atoms with Gasteiger partial charge in [-0.2, -0.15) is 5.10 Å². The van der Waals surface area contributed by atoms with Crippen molar-refractivity contribution in [3.63, 3.8) is 0 Å². The highest BCUT2D eigenvalue weighted by atomic mass is 35.5. The molecule has 1 aromatic heterocycles. The lowest BCUT2D eigenvalue weighted by Gasteiger charge is -2.07. The van der Waals surface area contributed by atoms with Crippen LogP contribution in [0.4, 0.5) is 11.4 Å². The van der Waals surface area contributed by atoms with Gasteiger partial charge in [-0.3, -0.25) is 9.59 Å². The van der Waals surface area contributed by atoms with Crippen molar-refractivity contribution in [2.24, 2.45) is 0 Å². The largest absolute Gasteiger partial charge is 0.397 e. The molecule has 1 aromatic carbocycles. The molecule has 0 aliphatic rings. The number of halogens is 1. The number of H-pyrrole nitrogens is 1. The number of nitrogens with one attached hydrogen (secondary N) is 2. The van der Waals surface area contributed by atoms with E-state index < -0.39 is 5.91 Å². The Morgan fingerprint density at radius 1 is 1.33 bits per heavy atom. The lowest BCUT2D eigenvalue weighted by molar-refractivity contribution is 0.102. The molecule has 92 valence electrons. The second kappa shape index (κ2) is 4.89. The summed E-state index contributed by atoms with van der Waals surface area (Å²) in [4.78, 5) is 22.6. The van der Waals surface area contributed by atoms with Crippen molar-refractivity contribution in [1.29, 1.82) is 0 Å². The highest BCUT2D eigenvalue weighted by molar-refractivity contribution is 6.31. The van der Waals surface area contributed by atoms with E-state index in [9.17, 15) is 9.59 Å². The van der Waals surface area contributed by atoms with Crippen LogP contribution in [0.2, 0.25) is 5.02 Å². The van der Waals surface area contributed by atoms with Crippen molar-refractivity contribution >= 4 is 28.9 Å². The molecule has 1 amide bonds. The van der Waals surface area contributed by atoms with Crippen LogP contribution in [0.15, 0.2) is 35.1 Å². The molecule has 0 atom stereocenters. The van der Waals surface area contributed by atoms with Gasteiger partial charge < -0.3 is 11.1 Å². The minimum Gasteiger partial charge on any atom is -0.397 e. The summed E-state index contributed by atoms with van der Waals surface area (Å²) in [5.41, 5.74) is 6.16. The SMILES string of the molecule is Nc1ccc(Cl)cc1NC(=O)c1ccc(=O)[nH]n1. The molecule has 6 nitrogen and oxygen atoms in total. The van der Waals surface area contributed by atoms with E-state index in [2.05, 4.69) is 15.5 Å². The quantitative estimate of drug-likeness (QED) is 0.711. The Kier molecular flexibility index (Phi) is 3.29. The first kappa shape index (κ1) is 12.1. The van der Waals surface area contributed by atoms with Crippen LogP contribution in [0.3, 0.4) is 0 Å². The molecule has 1 heterocycles. The van der Waals surface area contributed by atoms with E-state index in [0.717, 1.165) is 0 Å². The predicted octanol–water partition coefficient (Wildman–Crippen LogP) is 1.26. The molecule has 0 aliphatic carbocycles. The predicted molar refractivity (Wildman–Crippen MR) is 68.7 cm³/mol. The second-order valence-electron chi connectivity index (χ2n) is 3.49. The van der Waals surface area contributed by atoms with Crippen molar-refractivity contribution in [1.82, 2.24) is 10.2 Å². The Labute approximate surface area is 107 Å². The summed E-state index contributed by atoms with van der Waals surface area (Å²) >= 11 is 5.80. The number of rotatable bonds is 2. The maximum absolute atomic E-state index is 11.8. The lowest BCUT2D eigenvalue weighted by Crippen LogP contribution is -2.18. The molecule has 4 N–H and O–H groups in total. The van der Waals surface area contributed by atoms with E-state index in [-0.39, 0.29) is 11.3 Å². The average molecular weight is 265 g/mol. The fourth-order valence-electron chi connectivity index (χ4n) is 1.29. The van der Waals surface area contributed by atoms with Gasteiger partial charge in [0.2, 0.25) is 0 Å². The molecule has 0 aliphatic heterocycles. The highest BCUT2D eigenvalue weighted by Gasteiger charge is 2.09. The smallest absolute Gasteiger partial charge is 0.276 e. The number of anilines is 2. The maximum atomic E-state index is 11.8. The van der Waals surface area contributed by atoms with Gasteiger partial charge in [0.15, 0.2) is 0 Å². The molecule has 7 heteroatoms. The summed E-state index contributed by atoms with van der Waals surface area (Å²) in [5.74, 6) is -0.486. The van der Waals surface area contributed by atoms with Gasteiger partial charge >= 0.3 is 0 Å². The number of hydrogen-bond donors (Lipinski definition) is 3. The van der Waals surface area contributed by atoms with Gasteiger partial charge in [-0.1, -0.05) is 11.6 Å². The van der Waals surface area contributed by atoms with Gasteiger partial charge in [0.05, 0.1) is 11.4 Å². The zero-order valence-electron chi connectivity index (χ0n) is 9.11. The third-order valence-corrected chi connectivity index (χ3v) is 2.41. The topological polar surface area (TPSA) is 101 Å². The number of nitrogen functional groups attached to an aromatic ring is 1. The lowest BCUT2D eigenvalue weighted by atomic mass is 10.2. The van der Waals surface area contributed by atoms with Gasteiger partial charge in [-0.05, 0) is 24.3 Å². The van der Waals surface area contributed by atoms with Crippen LogP contribution >= 0.6 is 11.6 Å². The highest BCUT2D eigenvalue weighted by Crippen LogP contribution is 2.23. The van der Waals surface area contributed by atoms with Crippen LogP contribution in [0, 0.1) is 0 Å². The maximum Gasteiger partial charge on any atom is 0.276 e. The third-order valence-electron chi connectivity index (χ3n) is 2.18. The molecule has 18 heavy (non-hydrogen) atoms. The summed E-state index contributed by atoms with van der Waals surface area (Å²) < 4.78 is 0. The van der Waals surface area contributed by atoms with E-state index in [1.807, 2.05) is 0 Å². The van der Waals surface area contributed by atoms with Crippen LogP contribution in [-0.4, -0.2) is 16.1 Å². The van der Waals surface area contributed by atoms with Crippen molar-refractivity contribution < 1.29 is 4.79 Å². The monoisotopic (exact) mass is 264 g/mol. The van der Waals surface area contributed by atoms with E-state index in [0.29, 0.717) is 16.4 Å². The number of nitrogens with two attached hydrogens (primary N) is 1. The molecule has 2 aromatic rings. The molecular weight excluding hydrogens is 256 g/mol. The van der Waals surface area contributed by atoms with Crippen LogP contribution in [0.25, 0.3) is 0 Å². The summed E-state index contributed by atoms with van der Waals surface area (Å²) in [6.45, 7) is 0. The molecule has 0 saturated carbocycles. The summed E-state index contributed by atoms with van der Waals surface area (Å²) in [6.07, 6.45) is 0. The zero-order valence-corrected chi connectivity index (χ0v) is 9.86. The standard InChI is InChI=1S/C11H9ClN4O2/c12-6-1-2-7(13)9(5-6)14-11(18)8-3-4-10(17)16-15-8/h1-5H,13H2,(H,14,18)(H,16,17). The molecular formula is C11H9ClN4O2. The number of carbonyl (C=O) groups is 1. The first-order valence-corrected chi connectivity index (χ1v) is 5.36. The molecule has 0 fully saturated rings. The summed E-state index contributed by atoms with van der Waals surface area (Å²) in [6, 6.07) is 7.25. The van der Waals surface area contributed by atoms with Gasteiger partial charge in [0.1, 0.15) is 5.69 Å². The minimum atomic E-state index is -0.486. The Morgan fingerprint density at radius 2 is 2.11 bits per heavy atom. The fourth-order valence-corrected chi connectivity index (χ4v) is 1.47. The van der Waals surface area contributed by atoms with Crippen molar-refractivity contribution in [3.05, 3.63) is 51.4 Å². The van der Waals surface area contributed by atoms with Crippen LogP contribution in [0.1, 0.15) is 10.5 Å². The number of nitrogens with zero attached hydrogens (tertiary/aromatic N) is 1. The van der Waals surface area contributed by atoms with Crippen molar-refractivity contribution in [3.8, 4) is 0 Å². The summed E-state index contributed by atoms with van der Waals surface area (Å²) in [7, 11) is 0. The second-order valence-corrected chi connectivity index (χ2v) is 3.93. The minimum absolute atomic E-state index is 0.0778. The molecule has 0 bridgehead atoms. The van der Waals surface area contributed by atoms with E-state index in [4.69, 9.17) is 17.3 Å². The molecule has 0 radical (unpaired) electrons. The molecule has 0 saturated heterocycles.